The van der Waals surface area contributed by atoms with Gasteiger partial charge in [-0.2, -0.15) is 0 Å². The lowest BCUT2D eigenvalue weighted by Crippen LogP contribution is -2.52. The van der Waals surface area contributed by atoms with Crippen molar-refractivity contribution in [2.24, 2.45) is 0 Å². The van der Waals surface area contributed by atoms with Crippen LogP contribution in [0.2, 0.25) is 0 Å². The fraction of sp³-hybridized carbons (Fsp3) is 0.714. The second-order valence-corrected chi connectivity index (χ2v) is 8.65. The van der Waals surface area contributed by atoms with Crippen LogP contribution in [0.25, 0.3) is 0 Å². The standard InChI is InChI=1S/C21H35N3O/c1-17-15-24(10-9-22-17)20(16-23-11-13-25-14-12-23)18-5-7-19(8-6-18)21(2,3)4/h5-8,17,20,22H,9-16H2,1-4H3. The normalized spacial score (nSPS) is 25.0. The molecule has 0 bridgehead atoms. The Morgan fingerprint density at radius 3 is 2.40 bits per heavy atom. The Balaban J connectivity index is 1.79. The second kappa shape index (κ2) is 8.17. The zero-order chi connectivity index (χ0) is 17.9. The molecule has 0 aliphatic carbocycles. The Bertz CT molecular complexity index is 531. The SMILES string of the molecule is CC1CN(C(CN2CCOCC2)c2ccc(C(C)(C)C)cc2)CCN1. The van der Waals surface area contributed by atoms with Crippen molar-refractivity contribution in [2.75, 3.05) is 52.5 Å². The molecule has 2 aliphatic rings. The molecule has 1 aromatic rings. The minimum atomic E-state index is 0.210. The molecule has 4 heteroatoms. The molecule has 2 aliphatic heterocycles. The number of nitrogens with one attached hydrogen (secondary N) is 1. The molecule has 2 heterocycles. The van der Waals surface area contributed by atoms with Crippen molar-refractivity contribution in [3.8, 4) is 0 Å². The molecule has 1 aromatic carbocycles. The minimum Gasteiger partial charge on any atom is -0.379 e. The van der Waals surface area contributed by atoms with Gasteiger partial charge in [0.2, 0.25) is 0 Å². The Kier molecular flexibility index (Phi) is 6.16. The van der Waals surface area contributed by atoms with Gasteiger partial charge in [0.25, 0.3) is 0 Å². The van der Waals surface area contributed by atoms with Gasteiger partial charge in [0.1, 0.15) is 0 Å². The van der Waals surface area contributed by atoms with Gasteiger partial charge in [0, 0.05) is 51.4 Å². The van der Waals surface area contributed by atoms with Crippen LogP contribution in [0.5, 0.6) is 0 Å². The van der Waals surface area contributed by atoms with Gasteiger partial charge in [-0.05, 0) is 23.5 Å². The summed E-state index contributed by atoms with van der Waals surface area (Å²) in [5.74, 6) is 0. The maximum atomic E-state index is 5.54. The van der Waals surface area contributed by atoms with Crippen LogP contribution in [0.4, 0.5) is 0 Å². The molecule has 0 amide bonds. The molecule has 0 aromatic heterocycles. The quantitative estimate of drug-likeness (QED) is 0.908. The molecule has 3 rings (SSSR count). The van der Waals surface area contributed by atoms with Gasteiger partial charge in [0.05, 0.1) is 13.2 Å². The van der Waals surface area contributed by atoms with E-state index in [1.54, 1.807) is 0 Å². The molecular weight excluding hydrogens is 310 g/mol. The number of benzene rings is 1. The highest BCUT2D eigenvalue weighted by atomic mass is 16.5. The molecule has 0 saturated carbocycles. The smallest absolute Gasteiger partial charge is 0.0594 e. The van der Waals surface area contributed by atoms with Gasteiger partial charge in [0.15, 0.2) is 0 Å². The van der Waals surface area contributed by atoms with Gasteiger partial charge >= 0.3 is 0 Å². The number of rotatable bonds is 4. The maximum Gasteiger partial charge on any atom is 0.0594 e. The lowest BCUT2D eigenvalue weighted by Gasteiger charge is -2.41. The number of ether oxygens (including phenoxy) is 1. The summed E-state index contributed by atoms with van der Waals surface area (Å²) in [6.07, 6.45) is 0. The van der Waals surface area contributed by atoms with Crippen molar-refractivity contribution >= 4 is 0 Å². The average Bonchev–Trinajstić information content (AvgIpc) is 2.60. The predicted molar refractivity (Wildman–Crippen MR) is 104 cm³/mol. The largest absolute Gasteiger partial charge is 0.379 e. The van der Waals surface area contributed by atoms with Crippen LogP contribution in [0.15, 0.2) is 24.3 Å². The van der Waals surface area contributed by atoms with E-state index in [9.17, 15) is 0 Å². The van der Waals surface area contributed by atoms with E-state index in [2.05, 4.69) is 67.1 Å². The van der Waals surface area contributed by atoms with Gasteiger partial charge in [-0.3, -0.25) is 9.80 Å². The number of hydrogen-bond donors (Lipinski definition) is 1. The van der Waals surface area contributed by atoms with Gasteiger partial charge < -0.3 is 10.1 Å². The predicted octanol–water partition coefficient (Wildman–Crippen LogP) is 2.65. The Labute approximate surface area is 153 Å². The van der Waals surface area contributed by atoms with Crippen LogP contribution in [0.3, 0.4) is 0 Å². The zero-order valence-electron chi connectivity index (χ0n) is 16.4. The Hall–Kier alpha value is -0.940. The monoisotopic (exact) mass is 345 g/mol. The second-order valence-electron chi connectivity index (χ2n) is 8.65. The zero-order valence-corrected chi connectivity index (χ0v) is 16.4. The van der Waals surface area contributed by atoms with Crippen molar-refractivity contribution in [1.29, 1.82) is 0 Å². The van der Waals surface area contributed by atoms with E-state index in [1.807, 2.05) is 0 Å². The topological polar surface area (TPSA) is 27.7 Å². The molecule has 140 valence electrons. The van der Waals surface area contributed by atoms with E-state index < -0.39 is 0 Å². The first-order valence-corrected chi connectivity index (χ1v) is 9.81. The summed E-state index contributed by atoms with van der Waals surface area (Å²) in [5, 5.41) is 3.58. The van der Waals surface area contributed by atoms with E-state index >= 15 is 0 Å². The molecule has 2 saturated heterocycles. The van der Waals surface area contributed by atoms with Crippen LogP contribution in [-0.4, -0.2) is 68.3 Å². The molecule has 25 heavy (non-hydrogen) atoms. The third-order valence-electron chi connectivity index (χ3n) is 5.54. The van der Waals surface area contributed by atoms with E-state index in [-0.39, 0.29) is 5.41 Å². The fourth-order valence-corrected chi connectivity index (χ4v) is 3.91. The van der Waals surface area contributed by atoms with Crippen LogP contribution in [0.1, 0.15) is 44.9 Å². The summed E-state index contributed by atoms with van der Waals surface area (Å²) in [5.41, 5.74) is 3.07. The highest BCUT2D eigenvalue weighted by Crippen LogP contribution is 2.28. The number of morpholine rings is 1. The molecule has 0 radical (unpaired) electrons. The highest BCUT2D eigenvalue weighted by molar-refractivity contribution is 5.29. The van der Waals surface area contributed by atoms with E-state index in [4.69, 9.17) is 4.74 Å². The number of piperazine rings is 1. The van der Waals surface area contributed by atoms with Crippen molar-refractivity contribution in [1.82, 2.24) is 15.1 Å². The van der Waals surface area contributed by atoms with E-state index in [0.717, 1.165) is 52.5 Å². The van der Waals surface area contributed by atoms with Crippen molar-refractivity contribution < 1.29 is 4.74 Å². The summed E-state index contributed by atoms with van der Waals surface area (Å²) >= 11 is 0. The summed E-state index contributed by atoms with van der Waals surface area (Å²) in [6, 6.07) is 10.4. The lowest BCUT2D eigenvalue weighted by atomic mass is 9.86. The lowest BCUT2D eigenvalue weighted by molar-refractivity contribution is 0.0187. The highest BCUT2D eigenvalue weighted by Gasteiger charge is 2.27. The van der Waals surface area contributed by atoms with Crippen molar-refractivity contribution in [3.63, 3.8) is 0 Å². The first kappa shape index (κ1) is 18.8. The van der Waals surface area contributed by atoms with Crippen LogP contribution < -0.4 is 5.32 Å². The first-order chi connectivity index (χ1) is 11.9. The van der Waals surface area contributed by atoms with Gasteiger partial charge in [-0.25, -0.2) is 0 Å². The maximum absolute atomic E-state index is 5.54. The molecule has 2 atom stereocenters. The molecule has 2 unspecified atom stereocenters. The molecule has 1 N–H and O–H groups in total. The Morgan fingerprint density at radius 2 is 1.80 bits per heavy atom. The number of nitrogens with zero attached hydrogens (tertiary/aromatic N) is 2. The van der Waals surface area contributed by atoms with E-state index in [0.29, 0.717) is 12.1 Å². The summed E-state index contributed by atoms with van der Waals surface area (Å²) in [6.45, 7) is 17.4. The average molecular weight is 346 g/mol. The van der Waals surface area contributed by atoms with Crippen LogP contribution in [0, 0.1) is 0 Å². The number of hydrogen-bond acceptors (Lipinski definition) is 4. The third-order valence-corrected chi connectivity index (χ3v) is 5.54. The van der Waals surface area contributed by atoms with Gasteiger partial charge in [-0.1, -0.05) is 45.0 Å². The van der Waals surface area contributed by atoms with Crippen molar-refractivity contribution in [2.45, 2.75) is 45.2 Å². The molecule has 0 spiro atoms. The van der Waals surface area contributed by atoms with Crippen LogP contribution in [-0.2, 0) is 10.2 Å². The van der Waals surface area contributed by atoms with Gasteiger partial charge in [-0.15, -0.1) is 0 Å². The summed E-state index contributed by atoms with van der Waals surface area (Å²) in [7, 11) is 0. The first-order valence-electron chi connectivity index (χ1n) is 9.81. The van der Waals surface area contributed by atoms with Crippen molar-refractivity contribution in [3.05, 3.63) is 35.4 Å². The summed E-state index contributed by atoms with van der Waals surface area (Å²) < 4.78 is 5.54. The molecule has 4 nitrogen and oxygen atoms in total. The fourth-order valence-electron chi connectivity index (χ4n) is 3.91. The molecular formula is C21H35N3O. The Morgan fingerprint density at radius 1 is 1.12 bits per heavy atom. The molecule has 2 fully saturated rings. The third kappa shape index (κ3) is 5.04. The summed E-state index contributed by atoms with van der Waals surface area (Å²) in [4.78, 5) is 5.24. The van der Waals surface area contributed by atoms with E-state index in [1.165, 1.54) is 11.1 Å². The van der Waals surface area contributed by atoms with Crippen LogP contribution >= 0.6 is 0 Å². The minimum absolute atomic E-state index is 0.210.